The summed E-state index contributed by atoms with van der Waals surface area (Å²) in [6.45, 7) is 0. The zero-order valence-corrected chi connectivity index (χ0v) is 18.6. The summed E-state index contributed by atoms with van der Waals surface area (Å²) in [5, 5.41) is 4.15. The van der Waals surface area contributed by atoms with Crippen LogP contribution in [0.4, 0.5) is 4.39 Å². The molecule has 0 bridgehead atoms. The average Bonchev–Trinajstić information content (AvgIpc) is 2.78. The van der Waals surface area contributed by atoms with Crippen molar-refractivity contribution >= 4 is 23.2 Å². The minimum absolute atomic E-state index is 0. The maximum absolute atomic E-state index is 13.4. The highest BCUT2D eigenvalue weighted by atomic mass is 79.9. The second-order valence-corrected chi connectivity index (χ2v) is 10.5. The lowest BCUT2D eigenvalue weighted by Gasteiger charge is -2.27. The van der Waals surface area contributed by atoms with Gasteiger partial charge < -0.3 is 17.0 Å². The van der Waals surface area contributed by atoms with Crippen LogP contribution in [-0.4, -0.2) is 6.16 Å². The highest BCUT2D eigenvalue weighted by molar-refractivity contribution is 7.95. The van der Waals surface area contributed by atoms with Crippen LogP contribution in [0.1, 0.15) is 5.56 Å². The minimum Gasteiger partial charge on any atom is -1.00 e. The van der Waals surface area contributed by atoms with E-state index in [1.807, 2.05) is 12.1 Å². The summed E-state index contributed by atoms with van der Waals surface area (Å²) in [5.41, 5.74) is 1.17. The molecule has 3 heteroatoms. The Bertz CT molecular complexity index is 906. The Morgan fingerprint density at radius 3 is 1.28 bits per heavy atom. The van der Waals surface area contributed by atoms with E-state index in [2.05, 4.69) is 91.0 Å². The third kappa shape index (κ3) is 4.66. The standard InChI is InChI=1S/C26H23FP.BrH/c27-23-18-16-22(17-19-23)20-21-28(24-10-4-1-5-11-24,25-12-6-2-7-13-25)26-14-8-3-9-15-26;/h1-19H,20-21H2;1H/q+1;/p-1. The molecule has 29 heavy (non-hydrogen) atoms. The van der Waals surface area contributed by atoms with Crippen LogP contribution in [0, 0.1) is 5.82 Å². The maximum atomic E-state index is 13.4. The Kier molecular flexibility index (Phi) is 7.36. The van der Waals surface area contributed by atoms with Gasteiger partial charge in [-0.3, -0.25) is 0 Å². The number of hydrogen-bond donors (Lipinski definition) is 0. The summed E-state index contributed by atoms with van der Waals surface area (Å²) in [4.78, 5) is 0. The van der Waals surface area contributed by atoms with Crippen molar-refractivity contribution < 1.29 is 21.4 Å². The molecular weight excluding hydrogens is 442 g/mol. The van der Waals surface area contributed by atoms with Crippen LogP contribution < -0.4 is 32.9 Å². The lowest BCUT2D eigenvalue weighted by Crippen LogP contribution is -3.00. The molecule has 0 heterocycles. The molecule has 0 saturated carbocycles. The fourth-order valence-corrected chi connectivity index (χ4v) is 8.14. The van der Waals surface area contributed by atoms with E-state index in [0.29, 0.717) is 0 Å². The van der Waals surface area contributed by atoms with Crippen LogP contribution in [-0.2, 0) is 6.42 Å². The third-order valence-corrected chi connectivity index (χ3v) is 9.67. The molecule has 146 valence electrons. The average molecular weight is 465 g/mol. The van der Waals surface area contributed by atoms with Gasteiger partial charge >= 0.3 is 0 Å². The van der Waals surface area contributed by atoms with Crippen molar-refractivity contribution in [3.63, 3.8) is 0 Å². The zero-order valence-electron chi connectivity index (χ0n) is 16.1. The van der Waals surface area contributed by atoms with E-state index in [9.17, 15) is 4.39 Å². The molecule has 0 radical (unpaired) electrons. The molecule has 0 unspecified atom stereocenters. The Hall–Kier alpha value is -2.28. The maximum Gasteiger partial charge on any atom is 0.123 e. The number of aryl methyl sites for hydroxylation is 1. The van der Waals surface area contributed by atoms with Gasteiger partial charge in [-0.05, 0) is 54.1 Å². The predicted molar refractivity (Wildman–Crippen MR) is 120 cm³/mol. The highest BCUT2D eigenvalue weighted by Crippen LogP contribution is 2.55. The summed E-state index contributed by atoms with van der Waals surface area (Å²) in [7, 11) is -1.82. The first-order valence-corrected chi connectivity index (χ1v) is 11.6. The Morgan fingerprint density at radius 2 is 0.897 bits per heavy atom. The highest BCUT2D eigenvalue weighted by Gasteiger charge is 2.44. The van der Waals surface area contributed by atoms with Gasteiger partial charge in [0.15, 0.2) is 0 Å². The van der Waals surface area contributed by atoms with E-state index >= 15 is 0 Å². The molecule has 0 amide bonds. The minimum atomic E-state index is -1.82. The van der Waals surface area contributed by atoms with Gasteiger partial charge in [-0.15, -0.1) is 0 Å². The molecule has 0 aliphatic heterocycles. The largest absolute Gasteiger partial charge is 1.00 e. The fraction of sp³-hybridized carbons (Fsp3) is 0.0769. The summed E-state index contributed by atoms with van der Waals surface area (Å²) < 4.78 is 13.4. The summed E-state index contributed by atoms with van der Waals surface area (Å²) in [6.07, 6.45) is 1.92. The second-order valence-electron chi connectivity index (χ2n) is 6.92. The molecule has 0 N–H and O–H groups in total. The Morgan fingerprint density at radius 1 is 0.517 bits per heavy atom. The van der Waals surface area contributed by atoms with Gasteiger partial charge in [0.25, 0.3) is 0 Å². The van der Waals surface area contributed by atoms with Crippen LogP contribution in [0.5, 0.6) is 0 Å². The van der Waals surface area contributed by atoms with Gasteiger partial charge in [0.1, 0.15) is 29.0 Å². The van der Waals surface area contributed by atoms with Crippen molar-refractivity contribution in [2.75, 3.05) is 6.16 Å². The zero-order chi connectivity index (χ0) is 19.2. The Balaban J connectivity index is 0.00000240. The van der Waals surface area contributed by atoms with Crippen LogP contribution in [0.15, 0.2) is 115 Å². The van der Waals surface area contributed by atoms with E-state index < -0.39 is 7.26 Å². The lowest BCUT2D eigenvalue weighted by molar-refractivity contribution is -0.00000602. The lowest BCUT2D eigenvalue weighted by atomic mass is 10.2. The van der Waals surface area contributed by atoms with Crippen LogP contribution >= 0.6 is 7.26 Å². The SMILES string of the molecule is Fc1ccc(CC[P+](c2ccccc2)(c2ccccc2)c2ccccc2)cc1.[Br-]. The summed E-state index contributed by atoms with van der Waals surface area (Å²) in [5.74, 6) is -0.181. The monoisotopic (exact) mass is 464 g/mol. The van der Waals surface area contributed by atoms with Crippen molar-refractivity contribution in [1.29, 1.82) is 0 Å². The van der Waals surface area contributed by atoms with E-state index in [1.54, 1.807) is 12.1 Å². The van der Waals surface area contributed by atoms with Crippen LogP contribution in [0.25, 0.3) is 0 Å². The molecule has 0 spiro atoms. The van der Waals surface area contributed by atoms with Crippen molar-refractivity contribution in [2.24, 2.45) is 0 Å². The van der Waals surface area contributed by atoms with Crippen LogP contribution in [0.2, 0.25) is 0 Å². The van der Waals surface area contributed by atoms with Crippen LogP contribution in [0.3, 0.4) is 0 Å². The molecule has 0 aliphatic carbocycles. The molecule has 4 rings (SSSR count). The molecule has 0 fully saturated rings. The number of hydrogen-bond acceptors (Lipinski definition) is 0. The fourth-order valence-electron chi connectivity index (χ4n) is 3.83. The van der Waals surface area contributed by atoms with E-state index in [0.717, 1.165) is 12.6 Å². The molecule has 4 aromatic carbocycles. The quantitative estimate of drug-likeness (QED) is 0.384. The topological polar surface area (TPSA) is 0 Å². The third-order valence-electron chi connectivity index (χ3n) is 5.24. The molecule has 0 nitrogen and oxygen atoms in total. The Labute approximate surface area is 183 Å². The smallest absolute Gasteiger partial charge is 0.123 e. The van der Waals surface area contributed by atoms with Gasteiger partial charge in [-0.25, -0.2) is 4.39 Å². The van der Waals surface area contributed by atoms with Gasteiger partial charge in [0.2, 0.25) is 0 Å². The number of halogens is 2. The van der Waals surface area contributed by atoms with E-state index in [1.165, 1.54) is 21.5 Å². The molecule has 0 aromatic heterocycles. The first-order valence-electron chi connectivity index (χ1n) is 9.58. The molecule has 0 aliphatic rings. The predicted octanol–water partition coefficient (Wildman–Crippen LogP) is 2.37. The normalized spacial score (nSPS) is 10.9. The van der Waals surface area contributed by atoms with Gasteiger partial charge in [0, 0.05) is 6.42 Å². The van der Waals surface area contributed by atoms with Gasteiger partial charge in [-0.1, -0.05) is 66.7 Å². The van der Waals surface area contributed by atoms with Crippen molar-refractivity contribution in [2.45, 2.75) is 6.42 Å². The van der Waals surface area contributed by atoms with Gasteiger partial charge in [0.05, 0.1) is 6.16 Å². The molecule has 0 saturated heterocycles. The van der Waals surface area contributed by atoms with Crippen molar-refractivity contribution in [1.82, 2.24) is 0 Å². The molecule has 4 aromatic rings. The number of benzene rings is 4. The first-order chi connectivity index (χ1) is 13.8. The first kappa shape index (κ1) is 21.4. The van der Waals surface area contributed by atoms with Gasteiger partial charge in [-0.2, -0.15) is 0 Å². The summed E-state index contributed by atoms with van der Waals surface area (Å²) >= 11 is 0. The van der Waals surface area contributed by atoms with Crippen molar-refractivity contribution in [3.8, 4) is 0 Å². The second kappa shape index (κ2) is 9.96. The van der Waals surface area contributed by atoms with Crippen molar-refractivity contribution in [3.05, 3.63) is 127 Å². The number of rotatable bonds is 6. The molecular formula is C26H23BrFP. The van der Waals surface area contributed by atoms with E-state index in [4.69, 9.17) is 0 Å². The molecule has 0 atom stereocenters. The summed E-state index contributed by atoms with van der Waals surface area (Å²) in [6, 6.07) is 39.5. The van der Waals surface area contributed by atoms with E-state index in [-0.39, 0.29) is 22.8 Å².